The first-order valence-electron chi connectivity index (χ1n) is 5.41. The summed E-state index contributed by atoms with van der Waals surface area (Å²) in [5.74, 6) is 0.674. The van der Waals surface area contributed by atoms with E-state index in [-0.39, 0.29) is 0 Å². The van der Waals surface area contributed by atoms with E-state index >= 15 is 0 Å². The fourth-order valence-electron chi connectivity index (χ4n) is 2.03. The molecule has 2 aliphatic heterocycles. The quantitative estimate of drug-likeness (QED) is 0.718. The van der Waals surface area contributed by atoms with Gasteiger partial charge in [0.2, 0.25) is 0 Å². The molecule has 0 saturated carbocycles. The summed E-state index contributed by atoms with van der Waals surface area (Å²) in [7, 11) is 0. The minimum absolute atomic E-state index is 0.674. The third-order valence-corrected chi connectivity index (χ3v) is 4.59. The minimum atomic E-state index is 0.674. The van der Waals surface area contributed by atoms with Crippen molar-refractivity contribution in [3.05, 3.63) is 20.7 Å². The molecule has 1 saturated heterocycles. The van der Waals surface area contributed by atoms with E-state index in [0.29, 0.717) is 11.0 Å². The van der Waals surface area contributed by atoms with Gasteiger partial charge in [0.1, 0.15) is 0 Å². The normalized spacial score (nSPS) is 23.7. The lowest BCUT2D eigenvalue weighted by Crippen LogP contribution is -2.33. The zero-order chi connectivity index (χ0) is 11.5. The topological polar surface area (TPSA) is 12.5 Å². The Bertz CT molecular complexity index is 324. The predicted octanol–water partition coefficient (Wildman–Crippen LogP) is 3.65. The highest BCUT2D eigenvalue weighted by atomic mass is 79.9. The zero-order valence-corrected chi connectivity index (χ0v) is 12.0. The fourth-order valence-corrected chi connectivity index (χ4v) is 2.98. The van der Waals surface area contributed by atoms with E-state index in [1.54, 1.807) is 6.08 Å². The van der Waals surface area contributed by atoms with E-state index in [0.717, 1.165) is 48.8 Å². The summed E-state index contributed by atoms with van der Waals surface area (Å²) in [6.07, 6.45) is 4.04. The molecule has 16 heavy (non-hydrogen) atoms. The molecule has 2 aliphatic rings. The molecule has 0 bridgehead atoms. The van der Waals surface area contributed by atoms with E-state index < -0.39 is 0 Å². The highest BCUT2D eigenvalue weighted by molar-refractivity contribution is 9.11. The smallest absolute Gasteiger partial charge is 0.0998 e. The fraction of sp³-hybridized carbons (Fsp3) is 0.636. The molecule has 0 amide bonds. The highest BCUT2D eigenvalue weighted by Crippen LogP contribution is 2.31. The number of hydrogen-bond acceptors (Lipinski definition) is 2. The van der Waals surface area contributed by atoms with Crippen molar-refractivity contribution in [1.29, 1.82) is 0 Å². The Morgan fingerprint density at radius 3 is 2.75 bits per heavy atom. The molecular formula is C11H14BrCl2NO. The molecule has 0 spiro atoms. The Labute approximate surface area is 114 Å². The number of ether oxygens (including phenoxy) is 1. The van der Waals surface area contributed by atoms with Crippen molar-refractivity contribution in [2.24, 2.45) is 5.92 Å². The van der Waals surface area contributed by atoms with Gasteiger partial charge in [0.15, 0.2) is 0 Å². The largest absolute Gasteiger partial charge is 0.381 e. The van der Waals surface area contributed by atoms with Gasteiger partial charge in [-0.1, -0.05) is 23.2 Å². The van der Waals surface area contributed by atoms with Crippen LogP contribution in [0.3, 0.4) is 0 Å². The van der Waals surface area contributed by atoms with Crippen LogP contribution >= 0.6 is 39.1 Å². The Morgan fingerprint density at radius 2 is 2.06 bits per heavy atom. The third-order valence-electron chi connectivity index (χ3n) is 2.92. The van der Waals surface area contributed by atoms with Gasteiger partial charge in [0, 0.05) is 24.8 Å². The lowest BCUT2D eigenvalue weighted by atomic mass is 9.99. The third kappa shape index (κ3) is 3.16. The van der Waals surface area contributed by atoms with E-state index in [2.05, 4.69) is 20.8 Å². The van der Waals surface area contributed by atoms with Gasteiger partial charge in [-0.2, -0.15) is 0 Å². The highest BCUT2D eigenvalue weighted by Gasteiger charge is 2.22. The molecule has 0 atom stereocenters. The summed E-state index contributed by atoms with van der Waals surface area (Å²) in [6, 6.07) is 0. The van der Waals surface area contributed by atoms with Crippen LogP contribution in [0.1, 0.15) is 12.8 Å². The molecule has 2 nitrogen and oxygen atoms in total. The molecule has 90 valence electrons. The number of nitrogens with zero attached hydrogens (tertiary/aromatic N) is 1. The SMILES string of the molecule is ClC1=CC(Cl)=C(Br)N(CC2CCOCC2)C1. The molecule has 0 N–H and O–H groups in total. The first-order chi connectivity index (χ1) is 7.66. The average molecular weight is 327 g/mol. The van der Waals surface area contributed by atoms with Crippen LogP contribution in [0.15, 0.2) is 20.7 Å². The second-order valence-corrected chi connectivity index (χ2v) is 5.81. The van der Waals surface area contributed by atoms with Crippen molar-refractivity contribution < 1.29 is 4.74 Å². The number of rotatable bonds is 2. The van der Waals surface area contributed by atoms with Crippen molar-refractivity contribution >= 4 is 39.1 Å². The Kier molecular flexibility index (Phi) is 4.59. The van der Waals surface area contributed by atoms with Gasteiger partial charge in [0.25, 0.3) is 0 Å². The maximum Gasteiger partial charge on any atom is 0.0998 e. The van der Waals surface area contributed by atoms with Gasteiger partial charge < -0.3 is 9.64 Å². The molecule has 0 radical (unpaired) electrons. The zero-order valence-electron chi connectivity index (χ0n) is 8.89. The van der Waals surface area contributed by atoms with Gasteiger partial charge in [0.05, 0.1) is 16.2 Å². The van der Waals surface area contributed by atoms with Gasteiger partial charge in [-0.25, -0.2) is 0 Å². The lowest BCUT2D eigenvalue weighted by molar-refractivity contribution is 0.0583. The van der Waals surface area contributed by atoms with E-state index in [4.69, 9.17) is 27.9 Å². The van der Waals surface area contributed by atoms with Gasteiger partial charge in [-0.3, -0.25) is 0 Å². The van der Waals surface area contributed by atoms with Crippen LogP contribution in [0.2, 0.25) is 0 Å². The standard InChI is InChI=1S/C11H14BrCl2NO/c12-11-10(14)5-9(13)7-15(11)6-8-1-3-16-4-2-8/h5,8H,1-4,6-7H2. The Balaban J connectivity index is 1.97. The Hall–Kier alpha value is 0.300. The molecular weight excluding hydrogens is 313 g/mol. The number of allylic oxidation sites excluding steroid dienone is 2. The van der Waals surface area contributed by atoms with E-state index in [9.17, 15) is 0 Å². The van der Waals surface area contributed by atoms with Crippen LogP contribution in [-0.2, 0) is 4.74 Å². The van der Waals surface area contributed by atoms with Crippen LogP contribution in [0.5, 0.6) is 0 Å². The van der Waals surface area contributed by atoms with E-state index in [1.165, 1.54) is 0 Å². The minimum Gasteiger partial charge on any atom is -0.381 e. The van der Waals surface area contributed by atoms with Gasteiger partial charge >= 0.3 is 0 Å². The molecule has 0 aromatic carbocycles. The first-order valence-corrected chi connectivity index (χ1v) is 6.95. The molecule has 0 aliphatic carbocycles. The van der Waals surface area contributed by atoms with Crippen LogP contribution in [0.4, 0.5) is 0 Å². The molecule has 2 heterocycles. The second kappa shape index (κ2) is 5.76. The summed E-state index contributed by atoms with van der Waals surface area (Å²) in [4.78, 5) is 2.20. The average Bonchev–Trinajstić information content (AvgIpc) is 2.27. The van der Waals surface area contributed by atoms with Crippen molar-refractivity contribution in [1.82, 2.24) is 4.90 Å². The molecule has 0 aromatic heterocycles. The first kappa shape index (κ1) is 12.7. The van der Waals surface area contributed by atoms with Crippen molar-refractivity contribution in [2.75, 3.05) is 26.3 Å². The Morgan fingerprint density at radius 1 is 1.38 bits per heavy atom. The summed E-state index contributed by atoms with van der Waals surface area (Å²) in [5, 5.41) is 1.48. The van der Waals surface area contributed by atoms with Crippen LogP contribution in [0, 0.1) is 5.92 Å². The van der Waals surface area contributed by atoms with Crippen LogP contribution in [0.25, 0.3) is 0 Å². The maximum absolute atomic E-state index is 6.08. The van der Waals surface area contributed by atoms with Crippen molar-refractivity contribution in [3.63, 3.8) is 0 Å². The lowest BCUT2D eigenvalue weighted by Gasteiger charge is -2.32. The van der Waals surface area contributed by atoms with Crippen molar-refractivity contribution in [2.45, 2.75) is 12.8 Å². The molecule has 2 rings (SSSR count). The van der Waals surface area contributed by atoms with E-state index in [1.807, 2.05) is 0 Å². The van der Waals surface area contributed by atoms with Crippen LogP contribution in [-0.4, -0.2) is 31.2 Å². The summed E-state index contributed by atoms with van der Waals surface area (Å²) in [5.41, 5.74) is 0. The molecule has 1 fully saturated rings. The molecule has 0 unspecified atom stereocenters. The second-order valence-electron chi connectivity index (χ2n) is 4.17. The monoisotopic (exact) mass is 325 g/mol. The summed E-state index contributed by atoms with van der Waals surface area (Å²) >= 11 is 15.6. The van der Waals surface area contributed by atoms with Gasteiger partial charge in [-0.15, -0.1) is 0 Å². The number of hydrogen-bond donors (Lipinski definition) is 0. The van der Waals surface area contributed by atoms with Crippen LogP contribution < -0.4 is 0 Å². The van der Waals surface area contributed by atoms with Crippen molar-refractivity contribution in [3.8, 4) is 0 Å². The summed E-state index contributed by atoms with van der Waals surface area (Å²) < 4.78 is 6.30. The number of halogens is 3. The maximum atomic E-state index is 6.08. The molecule has 0 aromatic rings. The van der Waals surface area contributed by atoms with Gasteiger partial charge in [-0.05, 0) is 40.8 Å². The summed E-state index contributed by atoms with van der Waals surface area (Å²) in [6.45, 7) is 3.48. The molecule has 5 heteroatoms. The predicted molar refractivity (Wildman–Crippen MR) is 70.9 cm³/mol.